The predicted octanol–water partition coefficient (Wildman–Crippen LogP) is 4.07. The average molecular weight is 377 g/mol. The van der Waals surface area contributed by atoms with Crippen LogP contribution in [-0.4, -0.2) is 26.2 Å². The number of anilines is 2. The smallest absolute Gasteiger partial charge is 0.307 e. The van der Waals surface area contributed by atoms with Gasteiger partial charge in [-0.3, -0.25) is 4.79 Å². The molecule has 0 aliphatic carbocycles. The number of aliphatic carboxylic acids is 1. The van der Waals surface area contributed by atoms with Crippen molar-refractivity contribution in [3.05, 3.63) is 76.2 Å². The number of nitrogens with one attached hydrogen (secondary N) is 1. The van der Waals surface area contributed by atoms with Crippen LogP contribution in [0.15, 0.2) is 42.5 Å². The van der Waals surface area contributed by atoms with E-state index in [2.05, 4.69) is 39.6 Å². The number of phenols is 1. The van der Waals surface area contributed by atoms with E-state index in [4.69, 9.17) is 5.11 Å². The Hall–Kier alpha value is -3.41. The summed E-state index contributed by atoms with van der Waals surface area (Å²) in [4.78, 5) is 20.0. The van der Waals surface area contributed by atoms with Crippen molar-refractivity contribution in [2.75, 3.05) is 5.32 Å². The van der Waals surface area contributed by atoms with Gasteiger partial charge in [-0.1, -0.05) is 35.9 Å². The van der Waals surface area contributed by atoms with Gasteiger partial charge in [0.05, 0.1) is 12.1 Å². The van der Waals surface area contributed by atoms with Gasteiger partial charge in [-0.05, 0) is 44.0 Å². The molecule has 6 nitrogen and oxygen atoms in total. The topological polar surface area (TPSA) is 95.3 Å². The molecule has 0 aliphatic heterocycles. The number of rotatable bonds is 6. The fourth-order valence-electron chi connectivity index (χ4n) is 3.06. The van der Waals surface area contributed by atoms with Crippen molar-refractivity contribution >= 4 is 17.5 Å². The molecule has 0 radical (unpaired) electrons. The summed E-state index contributed by atoms with van der Waals surface area (Å²) in [7, 11) is 0. The first kappa shape index (κ1) is 19.4. The largest absolute Gasteiger partial charge is 0.506 e. The molecule has 144 valence electrons. The van der Waals surface area contributed by atoms with Crippen molar-refractivity contribution in [3.63, 3.8) is 0 Å². The zero-order valence-electron chi connectivity index (χ0n) is 16.2. The van der Waals surface area contributed by atoms with E-state index in [0.717, 1.165) is 16.8 Å². The van der Waals surface area contributed by atoms with Gasteiger partial charge in [0.1, 0.15) is 17.4 Å². The van der Waals surface area contributed by atoms with E-state index in [1.54, 1.807) is 12.1 Å². The molecule has 3 rings (SSSR count). The Balaban J connectivity index is 1.97. The van der Waals surface area contributed by atoms with Gasteiger partial charge in [0.2, 0.25) is 0 Å². The molecule has 0 saturated heterocycles. The molecule has 0 amide bonds. The molecule has 1 aromatic heterocycles. The van der Waals surface area contributed by atoms with Crippen molar-refractivity contribution in [2.24, 2.45) is 0 Å². The Morgan fingerprint density at radius 2 is 1.68 bits per heavy atom. The first-order valence-corrected chi connectivity index (χ1v) is 9.02. The summed E-state index contributed by atoms with van der Waals surface area (Å²) in [6.07, 6.45) is 0.525. The Labute approximate surface area is 163 Å². The molecule has 0 unspecified atom stereocenters. The summed E-state index contributed by atoms with van der Waals surface area (Å²) >= 11 is 0. The van der Waals surface area contributed by atoms with Crippen LogP contribution < -0.4 is 5.32 Å². The summed E-state index contributed by atoms with van der Waals surface area (Å²) < 4.78 is 0. The first-order valence-electron chi connectivity index (χ1n) is 9.02. The average Bonchev–Trinajstić information content (AvgIpc) is 2.62. The lowest BCUT2D eigenvalue weighted by Crippen LogP contribution is -2.07. The molecule has 3 aromatic rings. The van der Waals surface area contributed by atoms with Crippen molar-refractivity contribution in [2.45, 2.75) is 33.6 Å². The van der Waals surface area contributed by atoms with E-state index in [0.29, 0.717) is 29.3 Å². The van der Waals surface area contributed by atoms with E-state index in [9.17, 15) is 9.90 Å². The highest BCUT2D eigenvalue weighted by Gasteiger charge is 2.14. The highest BCUT2D eigenvalue weighted by Crippen LogP contribution is 2.30. The van der Waals surface area contributed by atoms with E-state index >= 15 is 0 Å². The number of carboxylic acid groups (broad SMARTS) is 1. The van der Waals surface area contributed by atoms with Crippen molar-refractivity contribution in [3.8, 4) is 5.75 Å². The number of benzene rings is 2. The summed E-state index contributed by atoms with van der Waals surface area (Å²) in [5, 5.41) is 22.4. The number of nitrogens with zero attached hydrogens (tertiary/aromatic N) is 2. The van der Waals surface area contributed by atoms with Gasteiger partial charge in [-0.15, -0.1) is 0 Å². The fraction of sp³-hybridized carbons (Fsp3) is 0.227. The molecule has 0 spiro atoms. The van der Waals surface area contributed by atoms with Gasteiger partial charge in [0, 0.05) is 17.7 Å². The second-order valence-electron chi connectivity index (χ2n) is 6.89. The molecule has 1 heterocycles. The van der Waals surface area contributed by atoms with Crippen LogP contribution in [0.25, 0.3) is 0 Å². The Morgan fingerprint density at radius 3 is 2.36 bits per heavy atom. The fourth-order valence-corrected chi connectivity index (χ4v) is 3.06. The lowest BCUT2D eigenvalue weighted by Gasteiger charge is -2.16. The van der Waals surface area contributed by atoms with E-state index in [1.165, 1.54) is 11.6 Å². The highest BCUT2D eigenvalue weighted by atomic mass is 16.4. The molecule has 6 heteroatoms. The first-order chi connectivity index (χ1) is 13.3. The molecular weight excluding hydrogens is 354 g/mol. The number of aryl methyl sites for hydroxylation is 3. The molecule has 0 bridgehead atoms. The monoisotopic (exact) mass is 377 g/mol. The van der Waals surface area contributed by atoms with E-state index in [1.807, 2.05) is 20.8 Å². The number of phenolic OH excluding ortho intramolecular Hbond substituents is 1. The van der Waals surface area contributed by atoms with Crippen molar-refractivity contribution in [1.29, 1.82) is 0 Å². The van der Waals surface area contributed by atoms with Gasteiger partial charge in [-0.2, -0.15) is 0 Å². The molecule has 0 aliphatic rings. The number of aromatic hydroxyl groups is 1. The second kappa shape index (κ2) is 8.08. The number of carbonyl (C=O) groups is 1. The van der Waals surface area contributed by atoms with Gasteiger partial charge >= 0.3 is 5.97 Å². The maximum absolute atomic E-state index is 11.0. The standard InChI is InChI=1S/C22H23N3O3/c1-13-4-6-16(7-5-13)10-18-14(2)23-15(3)24-22(18)25-19-11-17(12-21(27)28)8-9-20(19)26/h4-9,11,26H,10,12H2,1-3H3,(H,27,28)(H,23,24,25). The van der Waals surface area contributed by atoms with Crippen LogP contribution in [0.4, 0.5) is 11.5 Å². The normalized spacial score (nSPS) is 10.7. The minimum Gasteiger partial charge on any atom is -0.506 e. The predicted molar refractivity (Wildman–Crippen MR) is 108 cm³/mol. The van der Waals surface area contributed by atoms with Crippen LogP contribution in [0, 0.1) is 20.8 Å². The molecular formula is C22H23N3O3. The third kappa shape index (κ3) is 4.65. The van der Waals surface area contributed by atoms with Crippen molar-refractivity contribution < 1.29 is 15.0 Å². The number of carboxylic acids is 1. The molecule has 28 heavy (non-hydrogen) atoms. The van der Waals surface area contributed by atoms with E-state index in [-0.39, 0.29) is 12.2 Å². The van der Waals surface area contributed by atoms with Crippen LogP contribution in [-0.2, 0) is 17.6 Å². The van der Waals surface area contributed by atoms with Gasteiger partial charge in [0.15, 0.2) is 0 Å². The third-order valence-corrected chi connectivity index (χ3v) is 4.50. The molecule has 0 atom stereocenters. The quantitative estimate of drug-likeness (QED) is 0.561. The van der Waals surface area contributed by atoms with Crippen molar-refractivity contribution in [1.82, 2.24) is 9.97 Å². The molecule has 2 aromatic carbocycles. The van der Waals surface area contributed by atoms with Crippen LogP contribution in [0.1, 0.15) is 33.8 Å². The third-order valence-electron chi connectivity index (χ3n) is 4.50. The number of aromatic nitrogens is 2. The van der Waals surface area contributed by atoms with Gasteiger partial charge in [0.25, 0.3) is 0 Å². The van der Waals surface area contributed by atoms with Crippen LogP contribution in [0.5, 0.6) is 5.75 Å². The minimum atomic E-state index is -0.926. The zero-order chi connectivity index (χ0) is 20.3. The highest BCUT2D eigenvalue weighted by molar-refractivity contribution is 5.73. The van der Waals surface area contributed by atoms with E-state index < -0.39 is 5.97 Å². The van der Waals surface area contributed by atoms with Crippen LogP contribution >= 0.6 is 0 Å². The summed E-state index contributed by atoms with van der Waals surface area (Å²) in [6.45, 7) is 5.79. The summed E-state index contributed by atoms with van der Waals surface area (Å²) in [5.74, 6) is 0.331. The molecule has 0 fully saturated rings. The molecule has 0 saturated carbocycles. The van der Waals surface area contributed by atoms with Crippen LogP contribution in [0.3, 0.4) is 0 Å². The van der Waals surface area contributed by atoms with Gasteiger partial charge < -0.3 is 15.5 Å². The number of hydrogen-bond acceptors (Lipinski definition) is 5. The maximum Gasteiger partial charge on any atom is 0.307 e. The SMILES string of the molecule is Cc1ccc(Cc2c(C)nc(C)nc2Nc2cc(CC(=O)O)ccc2O)cc1. The van der Waals surface area contributed by atoms with Gasteiger partial charge in [-0.25, -0.2) is 9.97 Å². The number of hydrogen-bond donors (Lipinski definition) is 3. The summed E-state index contributed by atoms with van der Waals surface area (Å²) in [6, 6.07) is 13.0. The maximum atomic E-state index is 11.0. The lowest BCUT2D eigenvalue weighted by atomic mass is 10.0. The Morgan fingerprint density at radius 1 is 1.00 bits per heavy atom. The zero-order valence-corrected chi connectivity index (χ0v) is 16.2. The summed E-state index contributed by atoms with van der Waals surface area (Å²) in [5.41, 5.74) is 5.12. The minimum absolute atomic E-state index is 0.0318. The lowest BCUT2D eigenvalue weighted by molar-refractivity contribution is -0.136. The Bertz CT molecular complexity index is 1010. The molecule has 3 N–H and O–H groups in total. The second-order valence-corrected chi connectivity index (χ2v) is 6.89. The van der Waals surface area contributed by atoms with Crippen LogP contribution in [0.2, 0.25) is 0 Å². The Kier molecular flexibility index (Phi) is 5.59.